The van der Waals surface area contributed by atoms with E-state index in [9.17, 15) is 19.5 Å². The number of likely N-dealkylation sites (tertiary alicyclic amines) is 1. The predicted molar refractivity (Wildman–Crippen MR) is 89.8 cm³/mol. The van der Waals surface area contributed by atoms with Crippen molar-refractivity contribution in [2.24, 2.45) is 11.8 Å². The van der Waals surface area contributed by atoms with E-state index < -0.39 is 11.5 Å². The number of anilines is 1. The van der Waals surface area contributed by atoms with Gasteiger partial charge in [0.05, 0.1) is 17.8 Å². The van der Waals surface area contributed by atoms with Crippen LogP contribution in [0.3, 0.4) is 0 Å². The van der Waals surface area contributed by atoms with E-state index in [-0.39, 0.29) is 23.7 Å². The molecule has 8 nitrogen and oxygen atoms in total. The number of carboxylic acid groups (broad SMARTS) is 1. The number of piperidine rings is 1. The Kier molecular flexibility index (Phi) is 4.53. The number of carbonyl (C=O) groups excluding carboxylic acids is 2. The highest BCUT2D eigenvalue weighted by Crippen LogP contribution is 2.32. The van der Waals surface area contributed by atoms with Gasteiger partial charge >= 0.3 is 5.97 Å². The van der Waals surface area contributed by atoms with Crippen LogP contribution >= 0.6 is 0 Å². The van der Waals surface area contributed by atoms with E-state index in [1.807, 2.05) is 4.90 Å². The van der Waals surface area contributed by atoms with Crippen LogP contribution in [-0.2, 0) is 19.9 Å². The summed E-state index contributed by atoms with van der Waals surface area (Å²) in [5, 5.41) is 16.1. The third-order valence-electron chi connectivity index (χ3n) is 4.98. The highest BCUT2D eigenvalue weighted by atomic mass is 16.4. The Balaban J connectivity index is 1.61. The van der Waals surface area contributed by atoms with Crippen molar-refractivity contribution in [1.82, 2.24) is 14.7 Å². The second kappa shape index (κ2) is 6.50. The molecule has 2 fully saturated rings. The highest BCUT2D eigenvalue weighted by Gasteiger charge is 2.37. The van der Waals surface area contributed by atoms with E-state index in [4.69, 9.17) is 0 Å². The standard InChI is InChI=1S/C17H24N4O4/c1-17(2,16(24)25)21-10-13(8-18-21)19-14(22)12-4-3-7-20(9-12)15(23)11-5-6-11/h8,10-12H,3-7,9H2,1-2H3,(H,19,22)(H,24,25). The Bertz CT molecular complexity index is 693. The van der Waals surface area contributed by atoms with Crippen molar-refractivity contribution in [3.8, 4) is 0 Å². The summed E-state index contributed by atoms with van der Waals surface area (Å²) in [5.41, 5.74) is -0.730. The van der Waals surface area contributed by atoms with Gasteiger partial charge in [-0.1, -0.05) is 0 Å². The van der Waals surface area contributed by atoms with Gasteiger partial charge in [-0.25, -0.2) is 4.79 Å². The third-order valence-corrected chi connectivity index (χ3v) is 4.98. The van der Waals surface area contributed by atoms with Crippen LogP contribution in [0, 0.1) is 11.8 Å². The van der Waals surface area contributed by atoms with Crippen LogP contribution in [0.15, 0.2) is 12.4 Å². The van der Waals surface area contributed by atoms with Gasteiger partial charge in [0.1, 0.15) is 0 Å². The molecule has 1 aliphatic carbocycles. The molecule has 0 aromatic carbocycles. The van der Waals surface area contributed by atoms with Gasteiger partial charge in [-0.05, 0) is 39.5 Å². The molecule has 1 saturated heterocycles. The van der Waals surface area contributed by atoms with Crippen LogP contribution in [0.1, 0.15) is 39.5 Å². The van der Waals surface area contributed by atoms with Gasteiger partial charge < -0.3 is 15.3 Å². The van der Waals surface area contributed by atoms with Crippen LogP contribution in [0.5, 0.6) is 0 Å². The summed E-state index contributed by atoms with van der Waals surface area (Å²) in [6, 6.07) is 0. The molecule has 3 rings (SSSR count). The number of amides is 2. The maximum Gasteiger partial charge on any atom is 0.331 e. The first-order valence-corrected chi connectivity index (χ1v) is 8.67. The first-order valence-electron chi connectivity index (χ1n) is 8.67. The Labute approximate surface area is 146 Å². The molecular weight excluding hydrogens is 324 g/mol. The average molecular weight is 348 g/mol. The van der Waals surface area contributed by atoms with E-state index >= 15 is 0 Å². The molecule has 1 unspecified atom stereocenters. The molecule has 0 spiro atoms. The minimum atomic E-state index is -1.19. The molecule has 1 aromatic rings. The van der Waals surface area contributed by atoms with Crippen LogP contribution in [-0.4, -0.2) is 50.7 Å². The number of nitrogens with one attached hydrogen (secondary N) is 1. The van der Waals surface area contributed by atoms with E-state index in [0.29, 0.717) is 12.2 Å². The fourth-order valence-corrected chi connectivity index (χ4v) is 3.02. The lowest BCUT2D eigenvalue weighted by molar-refractivity contribution is -0.146. The zero-order chi connectivity index (χ0) is 18.2. The van der Waals surface area contributed by atoms with Gasteiger partial charge in [0, 0.05) is 25.2 Å². The summed E-state index contributed by atoms with van der Waals surface area (Å²) in [7, 11) is 0. The number of rotatable bonds is 5. The number of carboxylic acids is 1. The van der Waals surface area contributed by atoms with E-state index in [1.165, 1.54) is 30.9 Å². The molecular formula is C17H24N4O4. The minimum Gasteiger partial charge on any atom is -0.479 e. The van der Waals surface area contributed by atoms with Crippen molar-refractivity contribution >= 4 is 23.5 Å². The fraction of sp³-hybridized carbons (Fsp3) is 0.647. The number of hydrogen-bond donors (Lipinski definition) is 2. The van der Waals surface area contributed by atoms with Gasteiger partial charge in [-0.2, -0.15) is 5.10 Å². The number of hydrogen-bond acceptors (Lipinski definition) is 4. The quantitative estimate of drug-likeness (QED) is 0.834. The minimum absolute atomic E-state index is 0.152. The molecule has 1 atom stereocenters. The second-order valence-electron chi connectivity index (χ2n) is 7.42. The number of carbonyl (C=O) groups is 3. The molecule has 2 heterocycles. The first-order chi connectivity index (χ1) is 11.8. The maximum absolute atomic E-state index is 12.5. The van der Waals surface area contributed by atoms with E-state index in [0.717, 1.165) is 32.2 Å². The Hall–Kier alpha value is -2.38. The van der Waals surface area contributed by atoms with Crippen molar-refractivity contribution in [2.45, 2.75) is 45.1 Å². The number of aromatic nitrogens is 2. The van der Waals surface area contributed by atoms with Crippen molar-refractivity contribution in [3.63, 3.8) is 0 Å². The third kappa shape index (κ3) is 3.67. The summed E-state index contributed by atoms with van der Waals surface area (Å²) in [4.78, 5) is 37.8. The Morgan fingerprint density at radius 1 is 1.24 bits per heavy atom. The average Bonchev–Trinajstić information content (AvgIpc) is 3.33. The van der Waals surface area contributed by atoms with Gasteiger partial charge in [0.25, 0.3) is 0 Å². The van der Waals surface area contributed by atoms with Crippen molar-refractivity contribution in [1.29, 1.82) is 0 Å². The molecule has 2 aliphatic rings. The Morgan fingerprint density at radius 2 is 1.96 bits per heavy atom. The topological polar surface area (TPSA) is 105 Å². The summed E-state index contributed by atoms with van der Waals surface area (Å²) < 4.78 is 1.31. The second-order valence-corrected chi connectivity index (χ2v) is 7.42. The van der Waals surface area contributed by atoms with Gasteiger partial charge in [-0.15, -0.1) is 0 Å². The lowest BCUT2D eigenvalue weighted by Crippen LogP contribution is -2.44. The normalized spacial score (nSPS) is 21.0. The summed E-state index contributed by atoms with van der Waals surface area (Å²) >= 11 is 0. The largest absolute Gasteiger partial charge is 0.479 e. The SMILES string of the molecule is CC(C)(C(=O)O)n1cc(NC(=O)C2CCCN(C(=O)C3CC3)C2)cn1. The number of aliphatic carboxylic acids is 1. The molecule has 1 aliphatic heterocycles. The molecule has 2 N–H and O–H groups in total. The van der Waals surface area contributed by atoms with E-state index in [1.54, 1.807) is 0 Å². The van der Waals surface area contributed by atoms with Crippen molar-refractivity contribution in [2.75, 3.05) is 18.4 Å². The van der Waals surface area contributed by atoms with Crippen LogP contribution in [0.2, 0.25) is 0 Å². The summed E-state index contributed by atoms with van der Waals surface area (Å²) in [6.45, 7) is 4.26. The summed E-state index contributed by atoms with van der Waals surface area (Å²) in [5.74, 6) is -1.06. The molecule has 2 amide bonds. The molecule has 25 heavy (non-hydrogen) atoms. The predicted octanol–water partition coefficient (Wildman–Crippen LogP) is 1.29. The lowest BCUT2D eigenvalue weighted by Gasteiger charge is -2.32. The van der Waals surface area contributed by atoms with Crippen LogP contribution in [0.25, 0.3) is 0 Å². The molecule has 0 radical (unpaired) electrons. The molecule has 0 bridgehead atoms. The Morgan fingerprint density at radius 3 is 2.60 bits per heavy atom. The van der Waals surface area contributed by atoms with Crippen LogP contribution in [0.4, 0.5) is 5.69 Å². The van der Waals surface area contributed by atoms with Crippen molar-refractivity contribution in [3.05, 3.63) is 12.4 Å². The van der Waals surface area contributed by atoms with Gasteiger partial charge in [0.2, 0.25) is 11.8 Å². The number of nitrogens with zero attached hydrogens (tertiary/aromatic N) is 3. The summed E-state index contributed by atoms with van der Waals surface area (Å²) in [6.07, 6.45) is 6.45. The molecule has 1 aromatic heterocycles. The lowest BCUT2D eigenvalue weighted by atomic mass is 9.96. The fourth-order valence-electron chi connectivity index (χ4n) is 3.02. The zero-order valence-corrected chi connectivity index (χ0v) is 14.6. The first kappa shape index (κ1) is 17.4. The molecule has 8 heteroatoms. The van der Waals surface area contributed by atoms with Gasteiger partial charge in [-0.3, -0.25) is 14.3 Å². The molecule has 136 valence electrons. The highest BCUT2D eigenvalue weighted by molar-refractivity contribution is 5.93. The molecule has 1 saturated carbocycles. The van der Waals surface area contributed by atoms with E-state index in [2.05, 4.69) is 10.4 Å². The zero-order valence-electron chi connectivity index (χ0n) is 14.6. The monoisotopic (exact) mass is 348 g/mol. The van der Waals surface area contributed by atoms with Crippen LogP contribution < -0.4 is 5.32 Å². The smallest absolute Gasteiger partial charge is 0.331 e. The van der Waals surface area contributed by atoms with Gasteiger partial charge in [0.15, 0.2) is 5.54 Å². The van der Waals surface area contributed by atoms with Crippen molar-refractivity contribution < 1.29 is 19.5 Å². The maximum atomic E-state index is 12.5.